The van der Waals surface area contributed by atoms with E-state index in [1.165, 1.54) is 0 Å². The molecule has 3 N–H and O–H groups in total. The molecule has 1 aromatic heterocycles. The van der Waals surface area contributed by atoms with Crippen LogP contribution in [-0.2, 0) is 0 Å². The summed E-state index contributed by atoms with van der Waals surface area (Å²) < 4.78 is 0. The number of nitrogens with two attached hydrogens (primary N) is 1. The van der Waals surface area contributed by atoms with Crippen LogP contribution >= 0.6 is 0 Å². The van der Waals surface area contributed by atoms with Crippen LogP contribution in [0.25, 0.3) is 0 Å². The smallest absolute Gasteiger partial charge is 0.125 e. The van der Waals surface area contributed by atoms with Crippen LogP contribution in [0.1, 0.15) is 26.7 Å². The maximum atomic E-state index is 5.57. The first-order valence-corrected chi connectivity index (χ1v) is 4.74. The average Bonchev–Trinajstić information content (AvgIpc) is 2.14. The average molecular weight is 179 g/mol. The van der Waals surface area contributed by atoms with Crippen LogP contribution in [0.5, 0.6) is 0 Å². The third-order valence-electron chi connectivity index (χ3n) is 2.14. The Morgan fingerprint density at radius 1 is 1.46 bits per heavy atom. The van der Waals surface area contributed by atoms with Gasteiger partial charge in [-0.3, -0.25) is 0 Å². The first kappa shape index (κ1) is 9.84. The minimum Gasteiger partial charge on any atom is -0.384 e. The van der Waals surface area contributed by atoms with Crippen molar-refractivity contribution in [1.82, 2.24) is 4.98 Å². The van der Waals surface area contributed by atoms with Crippen molar-refractivity contribution in [3.63, 3.8) is 0 Å². The largest absolute Gasteiger partial charge is 0.384 e. The van der Waals surface area contributed by atoms with Crippen molar-refractivity contribution < 1.29 is 0 Å². The second kappa shape index (κ2) is 4.70. The van der Waals surface area contributed by atoms with Crippen molar-refractivity contribution in [1.29, 1.82) is 0 Å². The Morgan fingerprint density at radius 3 is 2.69 bits per heavy atom. The molecule has 3 heteroatoms. The lowest BCUT2D eigenvalue weighted by atomic mass is 10.1. The van der Waals surface area contributed by atoms with Crippen LogP contribution in [0.15, 0.2) is 18.3 Å². The van der Waals surface area contributed by atoms with E-state index in [0.717, 1.165) is 18.5 Å². The van der Waals surface area contributed by atoms with Gasteiger partial charge in [0.05, 0.1) is 0 Å². The van der Waals surface area contributed by atoms with Crippen LogP contribution in [-0.4, -0.2) is 11.0 Å². The van der Waals surface area contributed by atoms with Gasteiger partial charge in [0.15, 0.2) is 0 Å². The molecule has 1 rings (SSSR count). The third kappa shape index (κ3) is 2.93. The predicted octanol–water partition coefficient (Wildman–Crippen LogP) is 2.26. The van der Waals surface area contributed by atoms with E-state index >= 15 is 0 Å². The Kier molecular flexibility index (Phi) is 3.55. The first-order valence-electron chi connectivity index (χ1n) is 4.74. The summed E-state index contributed by atoms with van der Waals surface area (Å²) in [7, 11) is 0. The summed E-state index contributed by atoms with van der Waals surface area (Å²) in [5.74, 6) is 0.566. The van der Waals surface area contributed by atoms with E-state index in [4.69, 9.17) is 5.73 Å². The predicted molar refractivity (Wildman–Crippen MR) is 56.6 cm³/mol. The van der Waals surface area contributed by atoms with E-state index in [-0.39, 0.29) is 0 Å². The van der Waals surface area contributed by atoms with E-state index in [0.29, 0.717) is 11.9 Å². The monoisotopic (exact) mass is 179 g/mol. The van der Waals surface area contributed by atoms with Crippen LogP contribution < -0.4 is 11.1 Å². The number of hydrogen-bond acceptors (Lipinski definition) is 3. The molecular weight excluding hydrogens is 162 g/mol. The fraction of sp³-hybridized carbons (Fsp3) is 0.500. The number of nitrogens with one attached hydrogen (secondary N) is 1. The number of anilines is 2. The number of hydrogen-bond donors (Lipinski definition) is 2. The van der Waals surface area contributed by atoms with Crippen molar-refractivity contribution in [3.8, 4) is 0 Å². The molecule has 0 aromatic carbocycles. The Balaban J connectivity index is 2.62. The fourth-order valence-electron chi connectivity index (χ4n) is 1.27. The quantitative estimate of drug-likeness (QED) is 0.745. The van der Waals surface area contributed by atoms with E-state index in [1.54, 1.807) is 6.20 Å². The van der Waals surface area contributed by atoms with Gasteiger partial charge in [0.25, 0.3) is 0 Å². The topological polar surface area (TPSA) is 50.9 Å². The van der Waals surface area contributed by atoms with Crippen LogP contribution in [0.4, 0.5) is 11.5 Å². The lowest BCUT2D eigenvalue weighted by molar-refractivity contribution is 0.672. The highest BCUT2D eigenvalue weighted by atomic mass is 14.9. The molecule has 0 spiro atoms. The molecule has 0 amide bonds. The van der Waals surface area contributed by atoms with Crippen molar-refractivity contribution in [3.05, 3.63) is 18.3 Å². The first-order chi connectivity index (χ1) is 6.26. The van der Waals surface area contributed by atoms with Gasteiger partial charge in [-0.25, -0.2) is 4.98 Å². The van der Waals surface area contributed by atoms with Gasteiger partial charge < -0.3 is 11.1 Å². The second-order valence-electron chi connectivity index (χ2n) is 3.13. The second-order valence-corrected chi connectivity index (χ2v) is 3.13. The van der Waals surface area contributed by atoms with Crippen LogP contribution in [0, 0.1) is 0 Å². The fourth-order valence-corrected chi connectivity index (χ4v) is 1.27. The van der Waals surface area contributed by atoms with Crippen molar-refractivity contribution in [2.75, 3.05) is 11.1 Å². The van der Waals surface area contributed by atoms with Crippen molar-refractivity contribution in [2.24, 2.45) is 0 Å². The van der Waals surface area contributed by atoms with Crippen LogP contribution in [0.3, 0.4) is 0 Å². The summed E-state index contributed by atoms with van der Waals surface area (Å²) >= 11 is 0. The van der Waals surface area contributed by atoms with Gasteiger partial charge in [0, 0.05) is 24.0 Å². The molecule has 0 aliphatic heterocycles. The summed E-state index contributed by atoms with van der Waals surface area (Å²) in [6.45, 7) is 4.34. The molecule has 0 saturated heterocycles. The van der Waals surface area contributed by atoms with E-state index in [1.807, 2.05) is 12.1 Å². The molecule has 1 heterocycles. The molecule has 13 heavy (non-hydrogen) atoms. The Hall–Kier alpha value is -1.25. The Labute approximate surface area is 79.4 Å². The minimum atomic E-state index is 0.529. The molecule has 72 valence electrons. The van der Waals surface area contributed by atoms with Gasteiger partial charge in [-0.15, -0.1) is 0 Å². The van der Waals surface area contributed by atoms with E-state index < -0.39 is 0 Å². The Morgan fingerprint density at radius 2 is 2.15 bits per heavy atom. The zero-order chi connectivity index (χ0) is 9.68. The molecule has 3 nitrogen and oxygen atoms in total. The maximum Gasteiger partial charge on any atom is 0.125 e. The number of nitrogen functional groups attached to an aromatic ring is 1. The van der Waals surface area contributed by atoms with Gasteiger partial charge in [-0.1, -0.05) is 13.8 Å². The minimum absolute atomic E-state index is 0.529. The lowest BCUT2D eigenvalue weighted by Gasteiger charge is -2.15. The highest BCUT2D eigenvalue weighted by Gasteiger charge is 2.02. The van der Waals surface area contributed by atoms with Gasteiger partial charge >= 0.3 is 0 Å². The summed E-state index contributed by atoms with van der Waals surface area (Å²) in [5.41, 5.74) is 6.62. The third-order valence-corrected chi connectivity index (χ3v) is 2.14. The zero-order valence-corrected chi connectivity index (χ0v) is 8.25. The molecule has 0 atom stereocenters. The maximum absolute atomic E-state index is 5.57. The molecule has 0 aliphatic rings. The van der Waals surface area contributed by atoms with Crippen LogP contribution in [0.2, 0.25) is 0 Å². The molecule has 1 aromatic rings. The molecule has 0 unspecified atom stereocenters. The van der Waals surface area contributed by atoms with E-state index in [9.17, 15) is 0 Å². The SMILES string of the molecule is CCC(CC)Nc1ccnc(N)c1. The Bertz CT molecular complexity index is 256. The standard InChI is InChI=1S/C10H17N3/c1-3-8(4-2)13-9-5-6-12-10(11)7-9/h5-8H,3-4H2,1-2H3,(H3,11,12,13). The summed E-state index contributed by atoms with van der Waals surface area (Å²) in [6, 6.07) is 4.33. The van der Waals surface area contributed by atoms with E-state index in [2.05, 4.69) is 24.1 Å². The molecular formula is C10H17N3. The summed E-state index contributed by atoms with van der Waals surface area (Å²) in [6.07, 6.45) is 3.97. The number of rotatable bonds is 4. The zero-order valence-electron chi connectivity index (χ0n) is 8.25. The lowest BCUT2D eigenvalue weighted by Crippen LogP contribution is -2.16. The van der Waals surface area contributed by atoms with Crippen molar-refractivity contribution >= 4 is 11.5 Å². The number of aromatic nitrogens is 1. The van der Waals surface area contributed by atoms with Gasteiger partial charge in [-0.05, 0) is 18.9 Å². The molecule has 0 bridgehead atoms. The van der Waals surface area contributed by atoms with Gasteiger partial charge in [0.1, 0.15) is 5.82 Å². The molecule has 0 aliphatic carbocycles. The number of pyridine rings is 1. The molecule has 0 radical (unpaired) electrons. The summed E-state index contributed by atoms with van der Waals surface area (Å²) in [4.78, 5) is 3.94. The summed E-state index contributed by atoms with van der Waals surface area (Å²) in [5, 5.41) is 3.40. The van der Waals surface area contributed by atoms with Crippen molar-refractivity contribution in [2.45, 2.75) is 32.7 Å². The highest BCUT2D eigenvalue weighted by Crippen LogP contribution is 2.12. The highest BCUT2D eigenvalue weighted by molar-refractivity contribution is 5.50. The van der Waals surface area contributed by atoms with Gasteiger partial charge in [0.2, 0.25) is 0 Å². The molecule has 0 saturated carbocycles. The molecule has 0 fully saturated rings. The number of nitrogens with zero attached hydrogens (tertiary/aromatic N) is 1. The van der Waals surface area contributed by atoms with Gasteiger partial charge in [-0.2, -0.15) is 0 Å². The normalized spacial score (nSPS) is 10.4.